The lowest BCUT2D eigenvalue weighted by Gasteiger charge is -2.32. The van der Waals surface area contributed by atoms with E-state index in [1.165, 1.54) is 16.3 Å². The third-order valence-corrected chi connectivity index (χ3v) is 8.41. The number of ether oxygens (including phenoxy) is 1. The van der Waals surface area contributed by atoms with Crippen molar-refractivity contribution in [2.45, 2.75) is 38.8 Å². The minimum absolute atomic E-state index is 0.0112. The highest BCUT2D eigenvalue weighted by Crippen LogP contribution is 2.28. The predicted octanol–water partition coefficient (Wildman–Crippen LogP) is 5.32. The molecule has 8 nitrogen and oxygen atoms in total. The van der Waals surface area contributed by atoms with Crippen LogP contribution in [0.1, 0.15) is 30.9 Å². The summed E-state index contributed by atoms with van der Waals surface area (Å²) in [6, 6.07) is 20.4. The molecule has 3 aromatic rings. The van der Waals surface area contributed by atoms with E-state index >= 15 is 0 Å². The van der Waals surface area contributed by atoms with Crippen LogP contribution in [0.25, 0.3) is 0 Å². The van der Waals surface area contributed by atoms with Gasteiger partial charge in [-0.2, -0.15) is 0 Å². The van der Waals surface area contributed by atoms with Crippen LogP contribution >= 0.6 is 23.2 Å². The summed E-state index contributed by atoms with van der Waals surface area (Å²) in [4.78, 5) is 28.7. The fraction of sp³-hybridized carbons (Fsp3) is 0.333. The SMILES string of the molecule is CCNC(=O)[C@@H](Cc1ccccc1)N(Cc1c(Cl)cccc1Cl)C(=O)CCCN(c1cccc(OC)c1)S(C)(=O)=O. The smallest absolute Gasteiger partial charge is 0.243 e. The first-order valence-corrected chi connectivity index (χ1v) is 15.8. The zero-order chi connectivity index (χ0) is 30.0. The average Bonchev–Trinajstić information content (AvgIpc) is 2.94. The van der Waals surface area contributed by atoms with Crippen molar-refractivity contribution in [1.82, 2.24) is 10.2 Å². The van der Waals surface area contributed by atoms with Crippen LogP contribution in [0.5, 0.6) is 5.75 Å². The van der Waals surface area contributed by atoms with Crippen LogP contribution in [0.15, 0.2) is 72.8 Å². The maximum atomic E-state index is 13.9. The molecule has 11 heteroatoms. The highest BCUT2D eigenvalue weighted by Gasteiger charge is 2.31. The lowest BCUT2D eigenvalue weighted by Crippen LogP contribution is -2.50. The number of anilines is 1. The number of nitrogens with zero attached hydrogens (tertiary/aromatic N) is 2. The molecule has 220 valence electrons. The summed E-state index contributed by atoms with van der Waals surface area (Å²) in [5, 5.41) is 3.61. The average molecular weight is 621 g/mol. The number of carbonyl (C=O) groups is 2. The molecular formula is C30H35Cl2N3O5S. The molecule has 0 aliphatic rings. The van der Waals surface area contributed by atoms with Gasteiger partial charge in [0.2, 0.25) is 21.8 Å². The number of methoxy groups -OCH3 is 1. The van der Waals surface area contributed by atoms with Gasteiger partial charge in [0, 0.05) is 54.2 Å². The zero-order valence-electron chi connectivity index (χ0n) is 23.3. The Hall–Kier alpha value is -3.27. The molecular weight excluding hydrogens is 585 g/mol. The van der Waals surface area contributed by atoms with Crippen molar-refractivity contribution in [2.24, 2.45) is 0 Å². The van der Waals surface area contributed by atoms with E-state index in [-0.39, 0.29) is 44.2 Å². The third-order valence-electron chi connectivity index (χ3n) is 6.51. The molecule has 0 aliphatic carbocycles. The summed E-state index contributed by atoms with van der Waals surface area (Å²) in [6.07, 6.45) is 1.59. The van der Waals surface area contributed by atoms with Gasteiger partial charge in [-0.15, -0.1) is 0 Å². The van der Waals surface area contributed by atoms with E-state index < -0.39 is 16.1 Å². The molecule has 0 saturated carbocycles. The number of benzene rings is 3. The molecule has 3 rings (SSSR count). The lowest BCUT2D eigenvalue weighted by atomic mass is 10.0. The van der Waals surface area contributed by atoms with E-state index in [9.17, 15) is 18.0 Å². The van der Waals surface area contributed by atoms with Crippen LogP contribution in [0.3, 0.4) is 0 Å². The number of sulfonamides is 1. The highest BCUT2D eigenvalue weighted by atomic mass is 35.5. The first kappa shape index (κ1) is 32.2. The van der Waals surface area contributed by atoms with Gasteiger partial charge in [0.25, 0.3) is 0 Å². The Bertz CT molecular complexity index is 1420. The van der Waals surface area contributed by atoms with Crippen molar-refractivity contribution in [3.8, 4) is 5.75 Å². The molecule has 0 saturated heterocycles. The van der Waals surface area contributed by atoms with Gasteiger partial charge in [-0.25, -0.2) is 8.42 Å². The minimum atomic E-state index is -3.64. The Kier molecular flexibility index (Phi) is 11.9. The molecule has 0 bridgehead atoms. The van der Waals surface area contributed by atoms with E-state index in [4.69, 9.17) is 27.9 Å². The summed E-state index contributed by atoms with van der Waals surface area (Å²) in [5.74, 6) is -0.116. The first-order chi connectivity index (χ1) is 19.5. The molecule has 0 unspecified atom stereocenters. The van der Waals surface area contributed by atoms with Crippen molar-refractivity contribution in [3.63, 3.8) is 0 Å². The van der Waals surface area contributed by atoms with Crippen molar-refractivity contribution in [2.75, 3.05) is 30.8 Å². The fourth-order valence-electron chi connectivity index (χ4n) is 4.47. The molecule has 2 amide bonds. The van der Waals surface area contributed by atoms with Gasteiger partial charge in [-0.3, -0.25) is 13.9 Å². The molecule has 41 heavy (non-hydrogen) atoms. The second kappa shape index (κ2) is 15.1. The van der Waals surface area contributed by atoms with Crippen LogP contribution in [-0.4, -0.2) is 57.6 Å². The standard InChI is InChI=1S/C30H35Cl2N3O5S/c1-4-33-30(37)28(19-22-11-6-5-7-12-22)34(21-25-26(31)15-9-16-27(25)32)29(36)17-10-18-35(41(3,38)39)23-13-8-14-24(20-23)40-2/h5-9,11-16,20,28H,4,10,17-19,21H2,1-3H3,(H,33,37)/t28-/m1/s1. The summed E-state index contributed by atoms with van der Waals surface area (Å²) in [7, 11) is -2.14. The molecule has 0 aliphatic heterocycles. The number of carbonyl (C=O) groups excluding carboxylic acids is 2. The Balaban J connectivity index is 1.91. The topological polar surface area (TPSA) is 96.0 Å². The van der Waals surface area contributed by atoms with Gasteiger partial charge in [-0.1, -0.05) is 65.7 Å². The molecule has 1 N–H and O–H groups in total. The lowest BCUT2D eigenvalue weighted by molar-refractivity contribution is -0.141. The number of rotatable bonds is 14. The van der Waals surface area contributed by atoms with Crippen LogP contribution in [0.4, 0.5) is 5.69 Å². The van der Waals surface area contributed by atoms with E-state index in [1.807, 2.05) is 37.3 Å². The largest absolute Gasteiger partial charge is 0.497 e. The third kappa shape index (κ3) is 9.11. The number of hydrogen-bond donors (Lipinski definition) is 1. The number of halogens is 2. The van der Waals surface area contributed by atoms with E-state index in [0.717, 1.165) is 11.8 Å². The van der Waals surface area contributed by atoms with Gasteiger partial charge < -0.3 is 15.0 Å². The van der Waals surface area contributed by atoms with Crippen LogP contribution in [-0.2, 0) is 32.6 Å². The van der Waals surface area contributed by atoms with Gasteiger partial charge in [0.1, 0.15) is 11.8 Å². The second-order valence-corrected chi connectivity index (χ2v) is 12.2. The molecule has 0 spiro atoms. The van der Waals surface area contributed by atoms with Crippen molar-refractivity contribution in [3.05, 3.63) is 94.0 Å². The highest BCUT2D eigenvalue weighted by molar-refractivity contribution is 7.92. The summed E-state index contributed by atoms with van der Waals surface area (Å²) in [5.41, 5.74) is 1.84. The fourth-order valence-corrected chi connectivity index (χ4v) is 5.94. The van der Waals surface area contributed by atoms with E-state index in [0.29, 0.717) is 33.6 Å². The molecule has 0 heterocycles. The maximum absolute atomic E-state index is 13.9. The second-order valence-electron chi connectivity index (χ2n) is 9.46. The number of likely N-dealkylation sites (N-methyl/N-ethyl adjacent to an activating group) is 1. The summed E-state index contributed by atoms with van der Waals surface area (Å²) in [6.45, 7) is 2.27. The van der Waals surface area contributed by atoms with Crippen LogP contribution in [0.2, 0.25) is 10.0 Å². The Labute approximate surface area is 252 Å². The van der Waals surface area contributed by atoms with Crippen LogP contribution < -0.4 is 14.4 Å². The number of amides is 2. The van der Waals surface area contributed by atoms with E-state index in [1.54, 1.807) is 42.5 Å². The predicted molar refractivity (Wildman–Crippen MR) is 164 cm³/mol. The Morgan fingerprint density at radius 3 is 2.24 bits per heavy atom. The molecule has 1 atom stereocenters. The molecule has 0 aromatic heterocycles. The molecule has 0 radical (unpaired) electrons. The summed E-state index contributed by atoms with van der Waals surface area (Å²) < 4.78 is 31.8. The summed E-state index contributed by atoms with van der Waals surface area (Å²) >= 11 is 12.9. The first-order valence-electron chi connectivity index (χ1n) is 13.2. The Morgan fingerprint density at radius 1 is 0.976 bits per heavy atom. The number of hydrogen-bond acceptors (Lipinski definition) is 5. The van der Waals surface area contributed by atoms with Gasteiger partial charge >= 0.3 is 0 Å². The van der Waals surface area contributed by atoms with Gasteiger partial charge in [0.05, 0.1) is 19.1 Å². The van der Waals surface area contributed by atoms with Gasteiger partial charge in [-0.05, 0) is 43.2 Å². The molecule has 0 fully saturated rings. The van der Waals surface area contributed by atoms with E-state index in [2.05, 4.69) is 5.32 Å². The minimum Gasteiger partial charge on any atom is -0.497 e. The zero-order valence-corrected chi connectivity index (χ0v) is 25.7. The normalized spacial score (nSPS) is 11.9. The van der Waals surface area contributed by atoms with Crippen LogP contribution in [0, 0.1) is 0 Å². The van der Waals surface area contributed by atoms with Gasteiger partial charge in [0.15, 0.2) is 0 Å². The van der Waals surface area contributed by atoms with Crippen molar-refractivity contribution >= 4 is 50.7 Å². The Morgan fingerprint density at radius 2 is 1.63 bits per heavy atom. The van der Waals surface area contributed by atoms with Crippen molar-refractivity contribution < 1.29 is 22.7 Å². The van der Waals surface area contributed by atoms with Crippen molar-refractivity contribution in [1.29, 1.82) is 0 Å². The maximum Gasteiger partial charge on any atom is 0.243 e. The number of nitrogens with one attached hydrogen (secondary N) is 1. The quantitative estimate of drug-likeness (QED) is 0.263. The molecule has 3 aromatic carbocycles. The monoisotopic (exact) mass is 619 g/mol.